The Bertz CT molecular complexity index is 392. The Morgan fingerprint density at radius 1 is 1.19 bits per heavy atom. The average molecular weight is 221 g/mol. The van der Waals surface area contributed by atoms with E-state index in [-0.39, 0.29) is 11.9 Å². The smallest absolute Gasteiger partial charge is 0.218 e. The number of nitrogens with two attached hydrogens (primary N) is 3. The number of guanidine groups is 2. The van der Waals surface area contributed by atoms with E-state index in [1.165, 1.54) is 0 Å². The fraction of sp³-hybridized carbons (Fsp3) is 0.200. The van der Waals surface area contributed by atoms with E-state index < -0.39 is 0 Å². The third-order valence-electron chi connectivity index (χ3n) is 1.83. The van der Waals surface area contributed by atoms with Gasteiger partial charge in [0.1, 0.15) is 5.75 Å². The molecule has 6 N–H and O–H groups in total. The number of nitrogens with zero attached hydrogens (tertiary/aromatic N) is 2. The van der Waals surface area contributed by atoms with Crippen molar-refractivity contribution in [1.29, 1.82) is 0 Å². The standard InChI is InChI=1S/C10H15N5O/c1-16-8-4-2-7(3-5-8)6-14-10(13)15-9(11)12/h2-5H,6H2,1H3,(H6,11,12,13,14,15). The Kier molecular flexibility index (Phi) is 4.14. The summed E-state index contributed by atoms with van der Waals surface area (Å²) in [6.45, 7) is 0.423. The summed E-state index contributed by atoms with van der Waals surface area (Å²) in [4.78, 5) is 7.60. The highest BCUT2D eigenvalue weighted by Gasteiger charge is 1.94. The summed E-state index contributed by atoms with van der Waals surface area (Å²) < 4.78 is 5.03. The van der Waals surface area contributed by atoms with E-state index in [4.69, 9.17) is 21.9 Å². The average Bonchev–Trinajstić information content (AvgIpc) is 2.26. The van der Waals surface area contributed by atoms with Crippen molar-refractivity contribution in [3.8, 4) is 5.75 Å². The molecule has 1 aromatic carbocycles. The van der Waals surface area contributed by atoms with Crippen molar-refractivity contribution in [1.82, 2.24) is 0 Å². The monoisotopic (exact) mass is 221 g/mol. The predicted octanol–water partition coefficient (Wildman–Crippen LogP) is -0.217. The van der Waals surface area contributed by atoms with Gasteiger partial charge in [-0.3, -0.25) is 0 Å². The molecule has 0 saturated carbocycles. The van der Waals surface area contributed by atoms with Crippen LogP contribution in [0.5, 0.6) is 5.75 Å². The van der Waals surface area contributed by atoms with Crippen LogP contribution in [0.4, 0.5) is 0 Å². The van der Waals surface area contributed by atoms with Crippen LogP contribution in [0.3, 0.4) is 0 Å². The summed E-state index contributed by atoms with van der Waals surface area (Å²) in [6.07, 6.45) is 0. The molecule has 16 heavy (non-hydrogen) atoms. The third-order valence-corrected chi connectivity index (χ3v) is 1.83. The van der Waals surface area contributed by atoms with Crippen molar-refractivity contribution in [2.75, 3.05) is 7.11 Å². The maximum Gasteiger partial charge on any atom is 0.218 e. The number of hydrogen-bond donors (Lipinski definition) is 3. The highest BCUT2D eigenvalue weighted by atomic mass is 16.5. The molecule has 0 saturated heterocycles. The molecule has 0 spiro atoms. The molecule has 0 atom stereocenters. The van der Waals surface area contributed by atoms with E-state index >= 15 is 0 Å². The van der Waals surface area contributed by atoms with Crippen molar-refractivity contribution in [2.45, 2.75) is 6.54 Å². The molecule has 1 rings (SSSR count). The van der Waals surface area contributed by atoms with Crippen LogP contribution in [-0.2, 0) is 6.54 Å². The summed E-state index contributed by atoms with van der Waals surface area (Å²) >= 11 is 0. The van der Waals surface area contributed by atoms with Gasteiger partial charge in [-0.2, -0.15) is 4.99 Å². The summed E-state index contributed by atoms with van der Waals surface area (Å²) in [7, 11) is 1.61. The normalized spacial score (nSPS) is 10.9. The first-order chi connectivity index (χ1) is 7.61. The zero-order valence-electron chi connectivity index (χ0n) is 9.05. The number of ether oxygens (including phenoxy) is 1. The molecule has 0 aliphatic rings. The maximum absolute atomic E-state index is 5.46. The van der Waals surface area contributed by atoms with Gasteiger partial charge in [-0.15, -0.1) is 0 Å². The van der Waals surface area contributed by atoms with Gasteiger partial charge in [0.2, 0.25) is 5.96 Å². The van der Waals surface area contributed by atoms with E-state index in [0.717, 1.165) is 11.3 Å². The van der Waals surface area contributed by atoms with Gasteiger partial charge in [0, 0.05) is 0 Å². The van der Waals surface area contributed by atoms with Crippen molar-refractivity contribution >= 4 is 11.9 Å². The van der Waals surface area contributed by atoms with Crippen molar-refractivity contribution < 1.29 is 4.74 Å². The van der Waals surface area contributed by atoms with Crippen LogP contribution in [0.15, 0.2) is 34.3 Å². The minimum absolute atomic E-state index is 0.0656. The Hall–Kier alpha value is -2.24. The molecular formula is C10H15N5O. The second kappa shape index (κ2) is 5.59. The highest BCUT2D eigenvalue weighted by Crippen LogP contribution is 2.11. The Morgan fingerprint density at radius 3 is 2.31 bits per heavy atom. The molecule has 6 nitrogen and oxygen atoms in total. The molecule has 0 amide bonds. The van der Waals surface area contributed by atoms with Crippen molar-refractivity contribution in [3.63, 3.8) is 0 Å². The first-order valence-electron chi connectivity index (χ1n) is 4.64. The third kappa shape index (κ3) is 3.87. The number of rotatable bonds is 3. The van der Waals surface area contributed by atoms with Gasteiger partial charge in [0.15, 0.2) is 5.96 Å². The lowest BCUT2D eigenvalue weighted by atomic mass is 10.2. The SMILES string of the molecule is COc1ccc(CN=C(N)N=C(N)N)cc1. The van der Waals surface area contributed by atoms with E-state index in [2.05, 4.69) is 9.98 Å². The zero-order chi connectivity index (χ0) is 12.0. The van der Waals surface area contributed by atoms with E-state index in [1.807, 2.05) is 24.3 Å². The summed E-state index contributed by atoms with van der Waals surface area (Å²) in [5.74, 6) is 0.761. The fourth-order valence-electron chi connectivity index (χ4n) is 1.07. The molecule has 1 aromatic rings. The molecule has 6 heteroatoms. The van der Waals surface area contributed by atoms with Gasteiger partial charge in [0.25, 0.3) is 0 Å². The second-order valence-electron chi connectivity index (χ2n) is 3.06. The molecule has 86 valence electrons. The minimum atomic E-state index is -0.101. The minimum Gasteiger partial charge on any atom is -0.497 e. The van der Waals surface area contributed by atoms with Gasteiger partial charge in [-0.25, -0.2) is 4.99 Å². The highest BCUT2D eigenvalue weighted by molar-refractivity contribution is 5.92. The molecule has 0 bridgehead atoms. The van der Waals surface area contributed by atoms with Gasteiger partial charge < -0.3 is 21.9 Å². The number of benzene rings is 1. The van der Waals surface area contributed by atoms with Crippen molar-refractivity contribution in [3.05, 3.63) is 29.8 Å². The second-order valence-corrected chi connectivity index (χ2v) is 3.06. The Morgan fingerprint density at radius 2 is 1.81 bits per heavy atom. The summed E-state index contributed by atoms with van der Waals surface area (Å²) in [5.41, 5.74) is 16.8. The van der Waals surface area contributed by atoms with Crippen LogP contribution in [0, 0.1) is 0 Å². The zero-order valence-corrected chi connectivity index (χ0v) is 9.05. The maximum atomic E-state index is 5.46. The molecule has 0 unspecified atom stereocenters. The van der Waals surface area contributed by atoms with Crippen LogP contribution in [0.1, 0.15) is 5.56 Å². The first kappa shape index (κ1) is 11.8. The van der Waals surface area contributed by atoms with Crippen molar-refractivity contribution in [2.24, 2.45) is 27.2 Å². The summed E-state index contributed by atoms with van der Waals surface area (Å²) in [6, 6.07) is 7.49. The molecule has 0 fully saturated rings. The van der Waals surface area contributed by atoms with E-state index in [1.54, 1.807) is 7.11 Å². The Balaban J connectivity index is 2.63. The Labute approximate surface area is 93.8 Å². The van der Waals surface area contributed by atoms with Gasteiger partial charge in [-0.05, 0) is 17.7 Å². The molecule has 0 aromatic heterocycles. The number of hydrogen-bond acceptors (Lipinski definition) is 2. The summed E-state index contributed by atoms with van der Waals surface area (Å²) in [5, 5.41) is 0. The quantitative estimate of drug-likeness (QED) is 0.484. The topological polar surface area (TPSA) is 112 Å². The van der Waals surface area contributed by atoms with Crippen LogP contribution < -0.4 is 21.9 Å². The lowest BCUT2D eigenvalue weighted by Gasteiger charge is -2.00. The van der Waals surface area contributed by atoms with E-state index in [0.29, 0.717) is 6.54 Å². The molecule has 0 aliphatic carbocycles. The fourth-order valence-corrected chi connectivity index (χ4v) is 1.07. The van der Waals surface area contributed by atoms with E-state index in [9.17, 15) is 0 Å². The number of methoxy groups -OCH3 is 1. The molecule has 0 heterocycles. The molecule has 0 aliphatic heterocycles. The largest absolute Gasteiger partial charge is 0.497 e. The van der Waals surface area contributed by atoms with Gasteiger partial charge >= 0.3 is 0 Å². The van der Waals surface area contributed by atoms with Gasteiger partial charge in [-0.1, -0.05) is 12.1 Å². The van der Waals surface area contributed by atoms with Crippen LogP contribution in [-0.4, -0.2) is 19.0 Å². The first-order valence-corrected chi connectivity index (χ1v) is 4.64. The molecule has 0 radical (unpaired) electrons. The predicted molar refractivity (Wildman–Crippen MR) is 64.1 cm³/mol. The van der Waals surface area contributed by atoms with Gasteiger partial charge in [0.05, 0.1) is 13.7 Å². The molecular weight excluding hydrogens is 206 g/mol. The number of aliphatic imine (C=N–C) groups is 2. The van der Waals surface area contributed by atoms with Crippen LogP contribution >= 0.6 is 0 Å². The van der Waals surface area contributed by atoms with Crippen LogP contribution in [0.2, 0.25) is 0 Å². The van der Waals surface area contributed by atoms with Crippen LogP contribution in [0.25, 0.3) is 0 Å². The lowest BCUT2D eigenvalue weighted by molar-refractivity contribution is 0.414. The lowest BCUT2D eigenvalue weighted by Crippen LogP contribution is -2.26.